The first-order valence-electron chi connectivity index (χ1n) is 8.33. The van der Waals surface area contributed by atoms with Crippen LogP contribution in [0.15, 0.2) is 11.4 Å². The lowest BCUT2D eigenvalue weighted by atomic mass is 10.1. The fraction of sp³-hybridized carbons (Fsp3) is 0.706. The van der Waals surface area contributed by atoms with Gasteiger partial charge in [0.1, 0.15) is 0 Å². The van der Waals surface area contributed by atoms with E-state index in [0.717, 1.165) is 51.9 Å². The van der Waals surface area contributed by atoms with Crippen molar-refractivity contribution in [3.05, 3.63) is 21.9 Å². The molecule has 2 heterocycles. The highest BCUT2D eigenvalue weighted by Gasteiger charge is 2.26. The number of aliphatic hydroxyl groups excluding tert-OH is 1. The van der Waals surface area contributed by atoms with Gasteiger partial charge in [-0.05, 0) is 49.2 Å². The predicted molar refractivity (Wildman–Crippen MR) is 88.9 cm³/mol. The fourth-order valence-corrected chi connectivity index (χ4v) is 4.52. The number of fused-ring (bicyclic) bond motifs is 1. The first-order valence-corrected chi connectivity index (χ1v) is 9.21. The molecule has 2 aliphatic rings. The average molecular weight is 322 g/mol. The molecule has 5 heteroatoms. The molecule has 0 saturated heterocycles. The van der Waals surface area contributed by atoms with Gasteiger partial charge in [-0.15, -0.1) is 11.3 Å². The highest BCUT2D eigenvalue weighted by molar-refractivity contribution is 7.10. The molecule has 0 aromatic carbocycles. The van der Waals surface area contributed by atoms with Crippen LogP contribution in [0.4, 0.5) is 0 Å². The average Bonchev–Trinajstić information content (AvgIpc) is 3.13. The molecule has 22 heavy (non-hydrogen) atoms. The molecule has 2 atom stereocenters. The van der Waals surface area contributed by atoms with E-state index in [-0.39, 0.29) is 12.0 Å². The second kappa shape index (κ2) is 7.11. The second-order valence-corrected chi connectivity index (χ2v) is 7.71. The molecule has 1 fully saturated rings. The maximum absolute atomic E-state index is 12.4. The summed E-state index contributed by atoms with van der Waals surface area (Å²) in [5.41, 5.74) is 1.33. The van der Waals surface area contributed by atoms with Crippen molar-refractivity contribution < 1.29 is 9.90 Å². The van der Waals surface area contributed by atoms with Gasteiger partial charge in [-0.1, -0.05) is 6.42 Å². The van der Waals surface area contributed by atoms with E-state index >= 15 is 0 Å². The van der Waals surface area contributed by atoms with Crippen LogP contribution >= 0.6 is 11.3 Å². The van der Waals surface area contributed by atoms with Crippen molar-refractivity contribution >= 4 is 17.2 Å². The van der Waals surface area contributed by atoms with Crippen LogP contribution in [0.5, 0.6) is 0 Å². The van der Waals surface area contributed by atoms with Crippen molar-refractivity contribution in [2.75, 3.05) is 26.7 Å². The zero-order valence-corrected chi connectivity index (χ0v) is 14.1. The molecule has 122 valence electrons. The number of amides is 1. The number of hydrogen-bond donors (Lipinski definition) is 1. The van der Waals surface area contributed by atoms with Crippen molar-refractivity contribution in [1.82, 2.24) is 9.80 Å². The minimum atomic E-state index is -0.141. The van der Waals surface area contributed by atoms with Crippen LogP contribution in [-0.2, 0) is 17.8 Å². The van der Waals surface area contributed by atoms with E-state index in [1.807, 2.05) is 4.90 Å². The van der Waals surface area contributed by atoms with Crippen LogP contribution in [0.25, 0.3) is 0 Å². The van der Waals surface area contributed by atoms with E-state index < -0.39 is 0 Å². The SMILES string of the molecule is CN(CCC(=O)N1CCc2sccc2C1)CC1CCCC1O. The van der Waals surface area contributed by atoms with Crippen molar-refractivity contribution in [3.8, 4) is 0 Å². The molecule has 4 nitrogen and oxygen atoms in total. The smallest absolute Gasteiger partial charge is 0.224 e. The monoisotopic (exact) mass is 322 g/mol. The van der Waals surface area contributed by atoms with Gasteiger partial charge < -0.3 is 14.9 Å². The molecule has 2 unspecified atom stereocenters. The van der Waals surface area contributed by atoms with Crippen LogP contribution in [0.3, 0.4) is 0 Å². The Kier molecular flexibility index (Phi) is 5.16. The zero-order chi connectivity index (χ0) is 15.5. The van der Waals surface area contributed by atoms with Crippen LogP contribution in [-0.4, -0.2) is 53.6 Å². The Hall–Kier alpha value is -0.910. The van der Waals surface area contributed by atoms with Gasteiger partial charge in [0.25, 0.3) is 0 Å². The van der Waals surface area contributed by atoms with Crippen molar-refractivity contribution in [2.45, 2.75) is 44.8 Å². The number of nitrogens with zero attached hydrogens (tertiary/aromatic N) is 2. The Balaban J connectivity index is 1.42. The molecule has 1 aromatic rings. The quantitative estimate of drug-likeness (QED) is 0.903. The normalized spacial score (nSPS) is 24.8. The van der Waals surface area contributed by atoms with Gasteiger partial charge in [0.2, 0.25) is 5.91 Å². The summed E-state index contributed by atoms with van der Waals surface area (Å²) in [6, 6.07) is 2.15. The highest BCUT2D eigenvalue weighted by atomic mass is 32.1. The van der Waals surface area contributed by atoms with Gasteiger partial charge >= 0.3 is 0 Å². The van der Waals surface area contributed by atoms with Crippen LogP contribution in [0, 0.1) is 5.92 Å². The number of rotatable bonds is 5. The third-order valence-electron chi connectivity index (χ3n) is 5.03. The lowest BCUT2D eigenvalue weighted by molar-refractivity contribution is -0.132. The molecule has 0 spiro atoms. The third-order valence-corrected chi connectivity index (χ3v) is 6.06. The minimum Gasteiger partial charge on any atom is -0.393 e. The molecule has 1 amide bonds. The molecule has 0 bridgehead atoms. The Morgan fingerprint density at radius 3 is 3.14 bits per heavy atom. The van der Waals surface area contributed by atoms with Crippen molar-refractivity contribution in [2.24, 2.45) is 5.92 Å². The van der Waals surface area contributed by atoms with E-state index in [1.165, 1.54) is 10.4 Å². The Morgan fingerprint density at radius 1 is 1.50 bits per heavy atom. The van der Waals surface area contributed by atoms with Gasteiger partial charge in [0.15, 0.2) is 0 Å². The van der Waals surface area contributed by atoms with Crippen LogP contribution < -0.4 is 0 Å². The van der Waals surface area contributed by atoms with Gasteiger partial charge in [-0.2, -0.15) is 0 Å². The van der Waals surface area contributed by atoms with E-state index in [9.17, 15) is 9.90 Å². The van der Waals surface area contributed by atoms with Crippen molar-refractivity contribution in [3.63, 3.8) is 0 Å². The summed E-state index contributed by atoms with van der Waals surface area (Å²) in [5, 5.41) is 12.0. The first kappa shape index (κ1) is 16.0. The Morgan fingerprint density at radius 2 is 2.36 bits per heavy atom. The number of hydrogen-bond acceptors (Lipinski definition) is 4. The molecule has 1 saturated carbocycles. The van der Waals surface area contributed by atoms with Crippen LogP contribution in [0.2, 0.25) is 0 Å². The molecular weight excluding hydrogens is 296 g/mol. The summed E-state index contributed by atoms with van der Waals surface area (Å²) in [5.74, 6) is 0.652. The maximum atomic E-state index is 12.4. The van der Waals surface area contributed by atoms with E-state index in [2.05, 4.69) is 23.4 Å². The summed E-state index contributed by atoms with van der Waals surface area (Å²) in [4.78, 5) is 18.0. The second-order valence-electron chi connectivity index (χ2n) is 6.70. The summed E-state index contributed by atoms with van der Waals surface area (Å²) >= 11 is 1.81. The molecule has 1 aliphatic carbocycles. The molecule has 1 aliphatic heterocycles. The molecule has 1 N–H and O–H groups in total. The van der Waals surface area contributed by atoms with Gasteiger partial charge in [0, 0.05) is 37.5 Å². The van der Waals surface area contributed by atoms with Crippen molar-refractivity contribution in [1.29, 1.82) is 0 Å². The Labute approximate surface area is 136 Å². The lowest BCUT2D eigenvalue weighted by Gasteiger charge is -2.28. The number of carbonyl (C=O) groups is 1. The third kappa shape index (κ3) is 3.70. The molecule has 1 aromatic heterocycles. The van der Waals surface area contributed by atoms with E-state index in [1.54, 1.807) is 11.3 Å². The number of carbonyl (C=O) groups excluding carboxylic acids is 1. The lowest BCUT2D eigenvalue weighted by Crippen LogP contribution is -2.38. The fourth-order valence-electron chi connectivity index (χ4n) is 3.63. The molecular formula is C17H26N2O2S. The summed E-state index contributed by atoms with van der Waals surface area (Å²) < 4.78 is 0. The van der Waals surface area contributed by atoms with Gasteiger partial charge in [0.05, 0.1) is 6.10 Å². The predicted octanol–water partition coefficient (Wildman–Crippen LogP) is 2.12. The van der Waals surface area contributed by atoms with E-state index in [4.69, 9.17) is 0 Å². The van der Waals surface area contributed by atoms with Gasteiger partial charge in [-0.3, -0.25) is 4.79 Å². The first-order chi connectivity index (χ1) is 10.6. The minimum absolute atomic E-state index is 0.141. The summed E-state index contributed by atoms with van der Waals surface area (Å²) in [7, 11) is 2.06. The van der Waals surface area contributed by atoms with Crippen LogP contribution in [0.1, 0.15) is 36.1 Å². The van der Waals surface area contributed by atoms with E-state index in [0.29, 0.717) is 12.3 Å². The number of aliphatic hydroxyl groups is 1. The van der Waals surface area contributed by atoms with Gasteiger partial charge in [-0.25, -0.2) is 0 Å². The standard InChI is InChI=1S/C17H26N2O2S/c1-18(11-13-3-2-4-15(13)20)8-6-17(21)19-9-5-16-14(12-19)7-10-22-16/h7,10,13,15,20H,2-6,8-9,11-12H2,1H3. The largest absolute Gasteiger partial charge is 0.393 e. The highest BCUT2D eigenvalue weighted by Crippen LogP contribution is 2.26. The summed E-state index contributed by atoms with van der Waals surface area (Å²) in [6.45, 7) is 3.33. The summed E-state index contributed by atoms with van der Waals surface area (Å²) in [6.07, 6.45) is 4.63. The molecule has 0 radical (unpaired) electrons. The topological polar surface area (TPSA) is 43.8 Å². The zero-order valence-electron chi connectivity index (χ0n) is 13.3. The Bertz CT molecular complexity index is 517. The molecule has 3 rings (SSSR count). The maximum Gasteiger partial charge on any atom is 0.224 e. The number of thiophene rings is 1.